The molecule has 90 valence electrons. The Morgan fingerprint density at radius 2 is 2.00 bits per heavy atom. The molecule has 0 aromatic carbocycles. The molecule has 4 heterocycles. The zero-order valence-electron chi connectivity index (χ0n) is 9.69. The van der Waals surface area contributed by atoms with Crippen molar-refractivity contribution in [1.29, 1.82) is 0 Å². The van der Waals surface area contributed by atoms with Gasteiger partial charge in [-0.1, -0.05) is 0 Å². The maximum absolute atomic E-state index is 4.47. The van der Waals surface area contributed by atoms with Crippen molar-refractivity contribution in [2.75, 3.05) is 0 Å². The molecule has 4 aromatic rings. The summed E-state index contributed by atoms with van der Waals surface area (Å²) in [5.74, 6) is 0.581. The largest absolute Gasteiger partial charge is 0.237 e. The molecule has 0 aliphatic carbocycles. The van der Waals surface area contributed by atoms with Crippen LogP contribution in [0.5, 0.6) is 0 Å². The second-order valence-electron chi connectivity index (χ2n) is 3.97. The molecule has 0 aliphatic heterocycles. The predicted octanol–water partition coefficient (Wildman–Crippen LogP) is 2.70. The third-order valence-corrected chi connectivity index (χ3v) is 3.65. The summed E-state index contributed by atoms with van der Waals surface area (Å²) >= 11 is 1.58. The lowest BCUT2D eigenvalue weighted by molar-refractivity contribution is 1.14. The van der Waals surface area contributed by atoms with Gasteiger partial charge in [-0.15, -0.1) is 11.3 Å². The van der Waals surface area contributed by atoms with Gasteiger partial charge in [0.2, 0.25) is 0 Å². The second kappa shape index (κ2) is 4.03. The van der Waals surface area contributed by atoms with Crippen LogP contribution in [0.25, 0.3) is 32.8 Å². The topological polar surface area (TPSA) is 64.5 Å². The fourth-order valence-electron chi connectivity index (χ4n) is 1.95. The lowest BCUT2D eigenvalue weighted by atomic mass is 10.2. The highest BCUT2D eigenvalue weighted by Crippen LogP contribution is 2.26. The van der Waals surface area contributed by atoms with E-state index in [2.05, 4.69) is 24.9 Å². The first-order valence-electron chi connectivity index (χ1n) is 5.68. The molecular formula is C13H7N5S. The molecule has 0 fully saturated rings. The Hall–Kier alpha value is -2.47. The van der Waals surface area contributed by atoms with E-state index in [9.17, 15) is 0 Å². The maximum Gasteiger partial charge on any atom is 0.181 e. The summed E-state index contributed by atoms with van der Waals surface area (Å²) in [4.78, 5) is 22.5. The summed E-state index contributed by atoms with van der Waals surface area (Å²) in [6.07, 6.45) is 5.03. The molecular weight excluding hydrogens is 258 g/mol. The van der Waals surface area contributed by atoms with Gasteiger partial charge in [-0.3, -0.25) is 0 Å². The van der Waals surface area contributed by atoms with Gasteiger partial charge >= 0.3 is 0 Å². The third-order valence-electron chi connectivity index (χ3n) is 2.83. The minimum atomic E-state index is 0.581. The van der Waals surface area contributed by atoms with E-state index in [-0.39, 0.29) is 0 Å². The van der Waals surface area contributed by atoms with Crippen molar-refractivity contribution in [3.05, 3.63) is 42.3 Å². The van der Waals surface area contributed by atoms with E-state index in [0.717, 1.165) is 21.3 Å². The summed E-state index contributed by atoms with van der Waals surface area (Å²) in [5.41, 5.74) is 1.42. The summed E-state index contributed by atoms with van der Waals surface area (Å²) < 4.78 is 0. The first-order valence-corrected chi connectivity index (χ1v) is 6.56. The van der Waals surface area contributed by atoms with Crippen LogP contribution in [-0.4, -0.2) is 24.9 Å². The normalized spacial score (nSPS) is 11.2. The Bertz CT molecular complexity index is 886. The van der Waals surface area contributed by atoms with Crippen LogP contribution in [0.3, 0.4) is 0 Å². The van der Waals surface area contributed by atoms with Gasteiger partial charge in [-0.25, -0.2) is 24.9 Å². The Balaban J connectivity index is 2.01. The average Bonchev–Trinajstić information content (AvgIpc) is 2.95. The van der Waals surface area contributed by atoms with Crippen molar-refractivity contribution >= 4 is 32.6 Å². The van der Waals surface area contributed by atoms with Crippen LogP contribution in [0.15, 0.2) is 42.3 Å². The summed E-state index contributed by atoms with van der Waals surface area (Å²) in [6, 6.07) is 5.79. The van der Waals surface area contributed by atoms with Crippen molar-refractivity contribution in [3.8, 4) is 11.5 Å². The highest BCUT2D eigenvalue weighted by molar-refractivity contribution is 7.16. The Labute approximate surface area is 112 Å². The van der Waals surface area contributed by atoms with Gasteiger partial charge in [-0.2, -0.15) is 0 Å². The minimum Gasteiger partial charge on any atom is -0.237 e. The zero-order chi connectivity index (χ0) is 12.7. The van der Waals surface area contributed by atoms with Gasteiger partial charge < -0.3 is 0 Å². The lowest BCUT2D eigenvalue weighted by Crippen LogP contribution is -1.94. The Kier molecular flexibility index (Phi) is 2.22. The molecule has 0 N–H and O–H groups in total. The van der Waals surface area contributed by atoms with Gasteiger partial charge in [0.25, 0.3) is 0 Å². The number of thiophene rings is 1. The van der Waals surface area contributed by atoms with E-state index in [1.54, 1.807) is 30.1 Å². The number of hydrogen-bond acceptors (Lipinski definition) is 6. The minimum absolute atomic E-state index is 0.581. The van der Waals surface area contributed by atoms with Crippen LogP contribution in [0.1, 0.15) is 0 Å². The van der Waals surface area contributed by atoms with Gasteiger partial charge in [0, 0.05) is 23.2 Å². The van der Waals surface area contributed by atoms with Gasteiger partial charge in [0.1, 0.15) is 16.9 Å². The van der Waals surface area contributed by atoms with E-state index >= 15 is 0 Å². The van der Waals surface area contributed by atoms with E-state index < -0.39 is 0 Å². The maximum atomic E-state index is 4.47. The van der Waals surface area contributed by atoms with Crippen LogP contribution < -0.4 is 0 Å². The van der Waals surface area contributed by atoms with Crippen LogP contribution in [0.4, 0.5) is 0 Å². The smallest absolute Gasteiger partial charge is 0.181 e. The highest BCUT2D eigenvalue weighted by Gasteiger charge is 2.10. The number of hydrogen-bond donors (Lipinski definition) is 0. The SMILES string of the molecule is c1cnc2nc(-c3ncnc4sccc34)ncc2c1. The average molecular weight is 265 g/mol. The molecule has 0 spiro atoms. The fraction of sp³-hybridized carbons (Fsp3) is 0. The summed E-state index contributed by atoms with van der Waals surface area (Å²) in [7, 11) is 0. The zero-order valence-corrected chi connectivity index (χ0v) is 10.5. The van der Waals surface area contributed by atoms with Crippen molar-refractivity contribution < 1.29 is 0 Å². The molecule has 0 unspecified atom stereocenters. The van der Waals surface area contributed by atoms with Crippen molar-refractivity contribution in [3.63, 3.8) is 0 Å². The van der Waals surface area contributed by atoms with Crippen molar-refractivity contribution in [2.24, 2.45) is 0 Å². The van der Waals surface area contributed by atoms with E-state index in [1.165, 1.54) is 0 Å². The quantitative estimate of drug-likeness (QED) is 0.529. The fourth-order valence-corrected chi connectivity index (χ4v) is 2.68. The number of rotatable bonds is 1. The van der Waals surface area contributed by atoms with Crippen LogP contribution in [0, 0.1) is 0 Å². The lowest BCUT2D eigenvalue weighted by Gasteiger charge is -2.01. The van der Waals surface area contributed by atoms with E-state index in [1.807, 2.05) is 23.6 Å². The molecule has 5 nitrogen and oxygen atoms in total. The Morgan fingerprint density at radius 1 is 1.00 bits per heavy atom. The van der Waals surface area contributed by atoms with E-state index in [0.29, 0.717) is 11.5 Å². The van der Waals surface area contributed by atoms with Crippen molar-refractivity contribution in [1.82, 2.24) is 24.9 Å². The molecule has 0 amide bonds. The Morgan fingerprint density at radius 3 is 3.00 bits per heavy atom. The van der Waals surface area contributed by atoms with Crippen LogP contribution >= 0.6 is 11.3 Å². The van der Waals surface area contributed by atoms with E-state index in [4.69, 9.17) is 0 Å². The molecule has 0 radical (unpaired) electrons. The molecule has 4 rings (SSSR count). The standard InChI is InChI=1S/C13H7N5S/c1-2-8-6-15-12(18-11(8)14-4-1)10-9-3-5-19-13(9)17-7-16-10/h1-7H. The number of pyridine rings is 1. The van der Waals surface area contributed by atoms with Gasteiger partial charge in [0.15, 0.2) is 11.5 Å². The molecule has 19 heavy (non-hydrogen) atoms. The molecule has 0 saturated heterocycles. The molecule has 0 atom stereocenters. The van der Waals surface area contributed by atoms with Crippen LogP contribution in [0.2, 0.25) is 0 Å². The number of aromatic nitrogens is 5. The number of nitrogens with zero attached hydrogens (tertiary/aromatic N) is 5. The predicted molar refractivity (Wildman–Crippen MR) is 73.7 cm³/mol. The van der Waals surface area contributed by atoms with Crippen LogP contribution in [-0.2, 0) is 0 Å². The molecule has 0 saturated carbocycles. The number of fused-ring (bicyclic) bond motifs is 2. The molecule has 6 heteroatoms. The highest BCUT2D eigenvalue weighted by atomic mass is 32.1. The monoisotopic (exact) mass is 265 g/mol. The summed E-state index contributed by atoms with van der Waals surface area (Å²) in [6.45, 7) is 0. The second-order valence-corrected chi connectivity index (χ2v) is 4.87. The molecule has 0 aliphatic rings. The first kappa shape index (κ1) is 10.5. The van der Waals surface area contributed by atoms with Crippen molar-refractivity contribution in [2.45, 2.75) is 0 Å². The molecule has 4 aromatic heterocycles. The third kappa shape index (κ3) is 1.65. The first-order chi connectivity index (χ1) is 9.42. The van der Waals surface area contributed by atoms with Gasteiger partial charge in [0.05, 0.1) is 0 Å². The summed E-state index contributed by atoms with van der Waals surface area (Å²) in [5, 5.41) is 3.88. The molecule has 0 bridgehead atoms. The van der Waals surface area contributed by atoms with Gasteiger partial charge in [-0.05, 0) is 23.6 Å².